The summed E-state index contributed by atoms with van der Waals surface area (Å²) in [5, 5.41) is 2.76. The van der Waals surface area contributed by atoms with Gasteiger partial charge >= 0.3 is 0 Å². The molecule has 3 nitrogen and oxygen atoms in total. The number of rotatable bonds is 6. The lowest BCUT2D eigenvalue weighted by Gasteiger charge is -2.06. The van der Waals surface area contributed by atoms with Gasteiger partial charge in [0.15, 0.2) is 0 Å². The van der Waals surface area contributed by atoms with Crippen molar-refractivity contribution < 1.29 is 4.79 Å². The lowest BCUT2D eigenvalue weighted by Crippen LogP contribution is -2.35. The van der Waals surface area contributed by atoms with Gasteiger partial charge in [0.1, 0.15) is 0 Å². The van der Waals surface area contributed by atoms with Gasteiger partial charge in [-0.05, 0) is 12.7 Å². The van der Waals surface area contributed by atoms with Crippen LogP contribution >= 0.6 is 11.8 Å². The molecule has 0 saturated carbocycles. The highest BCUT2D eigenvalue weighted by Gasteiger charge is 2.00. The molecule has 0 aromatic carbocycles. The molecular formula is C8H18N2OS. The topological polar surface area (TPSA) is 55.1 Å². The van der Waals surface area contributed by atoms with E-state index in [0.29, 0.717) is 13.0 Å². The van der Waals surface area contributed by atoms with Crippen LogP contribution in [0, 0.1) is 0 Å². The third-order valence-electron chi connectivity index (χ3n) is 1.30. The Morgan fingerprint density at radius 3 is 2.83 bits per heavy atom. The molecule has 0 aliphatic rings. The second kappa shape index (κ2) is 7.43. The van der Waals surface area contributed by atoms with Crippen LogP contribution in [0.2, 0.25) is 0 Å². The highest BCUT2D eigenvalue weighted by atomic mass is 32.2. The minimum Gasteiger partial charge on any atom is -0.355 e. The second-order valence-electron chi connectivity index (χ2n) is 2.73. The smallest absolute Gasteiger partial charge is 0.220 e. The van der Waals surface area contributed by atoms with Crippen LogP contribution in [0.3, 0.4) is 0 Å². The summed E-state index contributed by atoms with van der Waals surface area (Å²) in [5.74, 6) is 2.08. The molecule has 0 rings (SSSR count). The van der Waals surface area contributed by atoms with E-state index in [1.54, 1.807) is 11.8 Å². The summed E-state index contributed by atoms with van der Waals surface area (Å²) < 4.78 is 0. The quantitative estimate of drug-likeness (QED) is 0.603. The van der Waals surface area contributed by atoms with Crippen molar-refractivity contribution in [2.45, 2.75) is 26.3 Å². The predicted molar refractivity (Wildman–Crippen MR) is 54.3 cm³/mol. The maximum absolute atomic E-state index is 11.0. The minimum absolute atomic E-state index is 0.0489. The van der Waals surface area contributed by atoms with E-state index >= 15 is 0 Å². The highest BCUT2D eigenvalue weighted by molar-refractivity contribution is 7.99. The molecule has 4 heteroatoms. The Bertz CT molecular complexity index is 128. The summed E-state index contributed by atoms with van der Waals surface area (Å²) in [5.41, 5.74) is 5.48. The fourth-order valence-corrected chi connectivity index (χ4v) is 1.29. The average molecular weight is 190 g/mol. The number of amides is 1. The zero-order chi connectivity index (χ0) is 9.40. The number of carbonyl (C=O) groups excluding carboxylic acids is 1. The SMILES string of the molecule is CCSCCC(=O)NCC(C)N. The molecule has 0 spiro atoms. The standard InChI is InChI=1S/C8H18N2OS/c1-3-12-5-4-8(11)10-6-7(2)9/h7H,3-6,9H2,1-2H3,(H,10,11). The molecule has 0 fully saturated rings. The van der Waals surface area contributed by atoms with Gasteiger partial charge in [-0.1, -0.05) is 6.92 Å². The Balaban J connectivity index is 3.22. The van der Waals surface area contributed by atoms with E-state index in [0.717, 1.165) is 11.5 Å². The number of hydrogen-bond donors (Lipinski definition) is 2. The third kappa shape index (κ3) is 7.88. The number of nitrogens with one attached hydrogen (secondary N) is 1. The molecule has 0 aliphatic heterocycles. The van der Waals surface area contributed by atoms with Crippen LogP contribution in [0.4, 0.5) is 0 Å². The normalized spacial score (nSPS) is 12.6. The van der Waals surface area contributed by atoms with Gasteiger partial charge in [0.25, 0.3) is 0 Å². The lowest BCUT2D eigenvalue weighted by molar-refractivity contribution is -0.120. The highest BCUT2D eigenvalue weighted by Crippen LogP contribution is 1.99. The van der Waals surface area contributed by atoms with Gasteiger partial charge in [-0.25, -0.2) is 0 Å². The predicted octanol–water partition coefficient (Wildman–Crippen LogP) is 0.593. The molecule has 0 radical (unpaired) electrons. The molecule has 0 aromatic heterocycles. The summed E-state index contributed by atoms with van der Waals surface area (Å²) in [6, 6.07) is 0.0489. The number of nitrogens with two attached hydrogens (primary N) is 1. The molecule has 1 unspecified atom stereocenters. The van der Waals surface area contributed by atoms with E-state index in [2.05, 4.69) is 12.2 Å². The fraction of sp³-hybridized carbons (Fsp3) is 0.875. The van der Waals surface area contributed by atoms with Crippen molar-refractivity contribution in [2.75, 3.05) is 18.1 Å². The van der Waals surface area contributed by atoms with Gasteiger partial charge < -0.3 is 11.1 Å². The minimum atomic E-state index is 0.0489. The van der Waals surface area contributed by atoms with Gasteiger partial charge in [0.05, 0.1) is 0 Å². The van der Waals surface area contributed by atoms with Gasteiger partial charge in [-0.15, -0.1) is 0 Å². The molecule has 0 bridgehead atoms. The maximum atomic E-state index is 11.0. The first-order chi connectivity index (χ1) is 5.66. The van der Waals surface area contributed by atoms with Crippen LogP contribution in [-0.2, 0) is 4.79 Å². The first-order valence-corrected chi connectivity index (χ1v) is 5.42. The van der Waals surface area contributed by atoms with Crippen LogP contribution in [0.1, 0.15) is 20.3 Å². The lowest BCUT2D eigenvalue weighted by atomic mass is 10.3. The van der Waals surface area contributed by atoms with Crippen molar-refractivity contribution in [3.63, 3.8) is 0 Å². The van der Waals surface area contributed by atoms with Crippen LogP contribution in [0.25, 0.3) is 0 Å². The largest absolute Gasteiger partial charge is 0.355 e. The molecule has 0 aliphatic carbocycles. The van der Waals surface area contributed by atoms with E-state index in [-0.39, 0.29) is 11.9 Å². The number of carbonyl (C=O) groups is 1. The van der Waals surface area contributed by atoms with E-state index in [9.17, 15) is 4.79 Å². The van der Waals surface area contributed by atoms with Crippen molar-refractivity contribution in [1.82, 2.24) is 5.32 Å². The molecule has 0 saturated heterocycles. The Morgan fingerprint density at radius 2 is 2.33 bits per heavy atom. The van der Waals surface area contributed by atoms with Crippen LogP contribution in [-0.4, -0.2) is 30.0 Å². The van der Waals surface area contributed by atoms with Crippen LogP contribution in [0.5, 0.6) is 0 Å². The van der Waals surface area contributed by atoms with Crippen molar-refractivity contribution in [3.05, 3.63) is 0 Å². The second-order valence-corrected chi connectivity index (χ2v) is 4.12. The Morgan fingerprint density at radius 1 is 1.67 bits per heavy atom. The number of hydrogen-bond acceptors (Lipinski definition) is 3. The summed E-state index contributed by atoms with van der Waals surface area (Å²) in [4.78, 5) is 11.0. The van der Waals surface area contributed by atoms with Crippen LogP contribution < -0.4 is 11.1 Å². The summed E-state index contributed by atoms with van der Waals surface area (Å²) in [7, 11) is 0. The van der Waals surface area contributed by atoms with E-state index in [1.807, 2.05) is 6.92 Å². The molecule has 1 amide bonds. The zero-order valence-corrected chi connectivity index (χ0v) is 8.62. The third-order valence-corrected chi connectivity index (χ3v) is 2.20. The summed E-state index contributed by atoms with van der Waals surface area (Å²) in [6.07, 6.45) is 0.602. The van der Waals surface area contributed by atoms with Gasteiger partial charge in [0.2, 0.25) is 5.91 Å². The molecular weight excluding hydrogens is 172 g/mol. The Labute approximate surface area is 78.5 Å². The van der Waals surface area contributed by atoms with Gasteiger partial charge in [-0.3, -0.25) is 4.79 Å². The van der Waals surface area contributed by atoms with E-state index < -0.39 is 0 Å². The van der Waals surface area contributed by atoms with Crippen molar-refractivity contribution in [2.24, 2.45) is 5.73 Å². The van der Waals surface area contributed by atoms with Gasteiger partial charge in [-0.2, -0.15) is 11.8 Å². The molecule has 3 N–H and O–H groups in total. The van der Waals surface area contributed by atoms with Crippen molar-refractivity contribution in [1.29, 1.82) is 0 Å². The van der Waals surface area contributed by atoms with Gasteiger partial charge in [0, 0.05) is 24.8 Å². The van der Waals surface area contributed by atoms with Crippen molar-refractivity contribution >= 4 is 17.7 Å². The molecule has 0 heterocycles. The monoisotopic (exact) mass is 190 g/mol. The number of thioether (sulfide) groups is 1. The van der Waals surface area contributed by atoms with E-state index in [4.69, 9.17) is 5.73 Å². The Kier molecular flexibility index (Phi) is 7.29. The van der Waals surface area contributed by atoms with Crippen LogP contribution in [0.15, 0.2) is 0 Å². The Hall–Kier alpha value is -0.220. The van der Waals surface area contributed by atoms with Crippen molar-refractivity contribution in [3.8, 4) is 0 Å². The molecule has 0 aromatic rings. The molecule has 72 valence electrons. The summed E-state index contributed by atoms with van der Waals surface area (Å²) >= 11 is 1.78. The first kappa shape index (κ1) is 11.8. The maximum Gasteiger partial charge on any atom is 0.220 e. The van der Waals surface area contributed by atoms with E-state index in [1.165, 1.54) is 0 Å². The zero-order valence-electron chi connectivity index (χ0n) is 7.80. The molecule has 1 atom stereocenters. The molecule has 12 heavy (non-hydrogen) atoms. The first-order valence-electron chi connectivity index (χ1n) is 4.26. The summed E-state index contributed by atoms with van der Waals surface area (Å²) in [6.45, 7) is 4.54. The fourth-order valence-electron chi connectivity index (χ4n) is 0.672. The average Bonchev–Trinajstić information content (AvgIpc) is 2.01.